The molecule has 5 nitrogen and oxygen atoms in total. The largest absolute Gasteiger partial charge is 0.369 e. The summed E-state index contributed by atoms with van der Waals surface area (Å²) in [5, 5.41) is 4.92. The highest BCUT2D eigenvalue weighted by atomic mass is 32.2. The predicted molar refractivity (Wildman–Crippen MR) is 154 cm³/mol. The number of carbonyl (C=O) groups excluding carboxylic acids is 1. The maximum atomic E-state index is 14.0. The molecule has 3 aromatic rings. The fraction of sp³-hybridized carbons (Fsp3) is 0.226. The van der Waals surface area contributed by atoms with Crippen molar-refractivity contribution in [3.8, 4) is 0 Å². The molecule has 3 aliphatic rings. The standard InChI is InChI=1S/C31H31N3O2S/c35-31(32-28-12-8-26(9-13-28)25-6-7-25)27-10-14-29(15-11-27)33-19-21-34(22-20-33)37(36,30-16-17-30)23-18-24-4-2-1-3-5-24/h1-15,18,23,25H,16-17,19-22H2,(H,32,35)/b23-18+. The van der Waals surface area contributed by atoms with Gasteiger partial charge in [-0.15, -0.1) is 0 Å². The van der Waals surface area contributed by atoms with Gasteiger partial charge in [0.2, 0.25) is 0 Å². The summed E-state index contributed by atoms with van der Waals surface area (Å²) in [7, 11) is -2.27. The first-order valence-electron chi connectivity index (χ1n) is 12.9. The molecule has 1 amide bonds. The van der Waals surface area contributed by atoms with Crippen LogP contribution in [0.15, 0.2) is 96.4 Å². The molecule has 3 aromatic carbocycles. The van der Waals surface area contributed by atoms with Crippen LogP contribution in [0.5, 0.6) is 0 Å². The smallest absolute Gasteiger partial charge is 0.255 e. The lowest BCUT2D eigenvalue weighted by Crippen LogP contribution is -2.48. The molecule has 2 aliphatic carbocycles. The zero-order valence-electron chi connectivity index (χ0n) is 20.8. The summed E-state index contributed by atoms with van der Waals surface area (Å²) in [6, 6.07) is 25.9. The van der Waals surface area contributed by atoms with Gasteiger partial charge in [0.15, 0.2) is 0 Å². The molecule has 1 atom stereocenters. The summed E-state index contributed by atoms with van der Waals surface area (Å²) in [5.74, 6) is 0.351. The van der Waals surface area contributed by atoms with Crippen LogP contribution in [0.25, 0.3) is 6.08 Å². The molecule has 1 heterocycles. The summed E-state index contributed by atoms with van der Waals surface area (Å²) in [5.41, 5.74) is 4.85. The van der Waals surface area contributed by atoms with Crippen LogP contribution >= 0.6 is 0 Å². The summed E-state index contributed by atoms with van der Waals surface area (Å²) < 4.78 is 16.1. The van der Waals surface area contributed by atoms with Crippen LogP contribution in [0.3, 0.4) is 0 Å². The molecule has 0 aromatic heterocycles. The fourth-order valence-corrected chi connectivity index (χ4v) is 7.22. The molecular weight excluding hydrogens is 478 g/mol. The van der Waals surface area contributed by atoms with E-state index < -0.39 is 9.71 Å². The van der Waals surface area contributed by atoms with Crippen LogP contribution in [0.4, 0.5) is 11.4 Å². The van der Waals surface area contributed by atoms with E-state index in [4.69, 9.17) is 0 Å². The predicted octanol–water partition coefficient (Wildman–Crippen LogP) is 5.55. The topological polar surface area (TPSA) is 52.7 Å². The van der Waals surface area contributed by atoms with Gasteiger partial charge in [0.25, 0.3) is 5.91 Å². The van der Waals surface area contributed by atoms with E-state index in [9.17, 15) is 9.00 Å². The Labute approximate surface area is 219 Å². The number of anilines is 2. The summed E-state index contributed by atoms with van der Waals surface area (Å²) in [4.78, 5) is 16.2. The summed E-state index contributed by atoms with van der Waals surface area (Å²) >= 11 is 0. The van der Waals surface area contributed by atoms with Gasteiger partial charge in [-0.25, -0.2) is 8.51 Å². The molecule has 1 saturated carbocycles. The molecule has 1 saturated heterocycles. The van der Waals surface area contributed by atoms with Gasteiger partial charge in [0.05, 0.1) is 9.71 Å². The van der Waals surface area contributed by atoms with Gasteiger partial charge in [0, 0.05) is 59.3 Å². The normalized spacial score (nSPS) is 19.1. The highest BCUT2D eigenvalue weighted by Gasteiger charge is 2.30. The van der Waals surface area contributed by atoms with Gasteiger partial charge in [0.1, 0.15) is 0 Å². The van der Waals surface area contributed by atoms with Crippen molar-refractivity contribution in [3.63, 3.8) is 0 Å². The van der Waals surface area contributed by atoms with Crippen LogP contribution in [-0.2, 0) is 9.71 Å². The first kappa shape index (κ1) is 23.8. The quantitative estimate of drug-likeness (QED) is 0.336. The number of benzene rings is 3. The lowest BCUT2D eigenvalue weighted by atomic mass is 10.1. The van der Waals surface area contributed by atoms with Gasteiger partial charge in [-0.2, -0.15) is 0 Å². The maximum absolute atomic E-state index is 14.0. The van der Waals surface area contributed by atoms with Crippen molar-refractivity contribution >= 4 is 37.9 Å². The van der Waals surface area contributed by atoms with Crippen LogP contribution in [0.1, 0.15) is 40.2 Å². The Bertz CT molecular complexity index is 1450. The Morgan fingerprint density at radius 3 is 2.14 bits per heavy atom. The highest BCUT2D eigenvalue weighted by Crippen LogP contribution is 2.30. The van der Waals surface area contributed by atoms with Gasteiger partial charge >= 0.3 is 0 Å². The van der Waals surface area contributed by atoms with Crippen molar-refractivity contribution in [2.24, 2.45) is 0 Å². The molecule has 0 radical (unpaired) electrons. The number of rotatable bonds is 7. The summed E-state index contributed by atoms with van der Waals surface area (Å²) in [6.07, 6.45) is 8.24. The second kappa shape index (κ2) is 10.0. The van der Waals surface area contributed by atoms with Crippen LogP contribution < -0.4 is 10.2 Å². The summed E-state index contributed by atoms with van der Waals surface area (Å²) in [6.45, 7) is 3.10. The number of hydrogen-bond acceptors (Lipinski definition) is 3. The van der Waals surface area contributed by atoms with E-state index >= 15 is 0 Å². The van der Waals surface area contributed by atoms with Crippen molar-refractivity contribution in [1.82, 2.24) is 4.31 Å². The molecule has 188 valence electrons. The molecule has 1 N–H and O–H groups in total. The average molecular weight is 510 g/mol. The number of amides is 1. The van der Waals surface area contributed by atoms with Crippen molar-refractivity contribution in [2.45, 2.75) is 18.8 Å². The maximum Gasteiger partial charge on any atom is 0.255 e. The Hall–Kier alpha value is -3.61. The van der Waals surface area contributed by atoms with E-state index in [-0.39, 0.29) is 5.91 Å². The van der Waals surface area contributed by atoms with Crippen molar-refractivity contribution in [1.29, 1.82) is 0 Å². The molecule has 1 aliphatic heterocycles. The Morgan fingerprint density at radius 2 is 1.51 bits per heavy atom. The lowest BCUT2D eigenvalue weighted by Gasteiger charge is -2.37. The van der Waals surface area contributed by atoms with Gasteiger partial charge in [-0.05, 0) is 66.4 Å². The first-order valence-corrected chi connectivity index (χ1v) is 14.5. The Kier molecular flexibility index (Phi) is 6.45. The van der Waals surface area contributed by atoms with Crippen molar-refractivity contribution < 1.29 is 9.00 Å². The molecule has 6 heteroatoms. The minimum Gasteiger partial charge on any atom is -0.369 e. The van der Waals surface area contributed by atoms with E-state index in [0.29, 0.717) is 11.5 Å². The molecule has 2 fully saturated rings. The second-order valence-corrected chi connectivity index (χ2v) is 12.3. The third-order valence-corrected chi connectivity index (χ3v) is 10.0. The number of piperazine rings is 1. The number of carbonyl (C=O) groups is 1. The molecule has 0 bridgehead atoms. The van der Waals surface area contributed by atoms with E-state index in [2.05, 4.69) is 38.8 Å². The van der Waals surface area contributed by atoms with Crippen LogP contribution in [0, 0.1) is 0 Å². The average Bonchev–Trinajstić information content (AvgIpc) is 3.86. The zero-order valence-corrected chi connectivity index (χ0v) is 21.6. The molecule has 6 rings (SSSR count). The third kappa shape index (κ3) is 5.41. The zero-order chi connectivity index (χ0) is 25.2. The number of allylic oxidation sites excluding steroid dienone is 2. The van der Waals surface area contributed by atoms with Gasteiger partial charge in [-0.3, -0.25) is 4.79 Å². The second-order valence-electron chi connectivity index (χ2n) is 9.77. The molecular formula is C31H31N3O2S. The van der Waals surface area contributed by atoms with E-state index in [0.717, 1.165) is 56.0 Å². The van der Waals surface area contributed by atoms with E-state index in [1.54, 1.807) is 0 Å². The Balaban J connectivity index is 1.07. The number of hydrogen-bond donors (Lipinski definition) is 1. The van der Waals surface area contributed by atoms with Crippen LogP contribution in [-0.4, -0.2) is 45.5 Å². The Morgan fingerprint density at radius 1 is 0.838 bits per heavy atom. The number of nitrogens with zero attached hydrogens (tertiary/aromatic N) is 2. The number of nitrogens with one attached hydrogen (secondary N) is 1. The molecule has 37 heavy (non-hydrogen) atoms. The third-order valence-electron chi connectivity index (χ3n) is 7.17. The van der Waals surface area contributed by atoms with Crippen LogP contribution in [0.2, 0.25) is 0 Å². The SMILES string of the molecule is O=C(Nc1ccc(C2C=C2)cc1)c1ccc(N2CCN(S(=O)(/C=C/c3ccccc3)=C3CC3)CC2)cc1. The van der Waals surface area contributed by atoms with Gasteiger partial charge in [-0.1, -0.05) is 54.6 Å². The monoisotopic (exact) mass is 509 g/mol. The van der Waals surface area contributed by atoms with E-state index in [1.807, 2.05) is 78.2 Å². The molecule has 1 unspecified atom stereocenters. The molecule has 0 spiro atoms. The van der Waals surface area contributed by atoms with Crippen molar-refractivity contribution in [3.05, 3.63) is 113 Å². The lowest BCUT2D eigenvalue weighted by molar-refractivity contribution is 0.102. The minimum absolute atomic E-state index is 0.111. The van der Waals surface area contributed by atoms with Gasteiger partial charge < -0.3 is 10.2 Å². The first-order chi connectivity index (χ1) is 18.1. The van der Waals surface area contributed by atoms with Crippen molar-refractivity contribution in [2.75, 3.05) is 36.4 Å². The minimum atomic E-state index is -2.27. The fourth-order valence-electron chi connectivity index (χ4n) is 4.75. The van der Waals surface area contributed by atoms with E-state index in [1.165, 1.54) is 10.4 Å². The highest BCUT2D eigenvalue weighted by molar-refractivity contribution is 8.03.